The zero-order valence-corrected chi connectivity index (χ0v) is 8.43. The van der Waals surface area contributed by atoms with Crippen molar-refractivity contribution < 1.29 is 9.59 Å². The minimum atomic E-state index is -0.00444. The maximum absolute atomic E-state index is 11.7. The van der Waals surface area contributed by atoms with Gasteiger partial charge in [0, 0.05) is 17.2 Å². The Labute approximate surface area is 83.6 Å². The smallest absolute Gasteiger partial charge is 0.247 e. The molecule has 1 fully saturated rings. The molecule has 1 amide bonds. The minimum Gasteiger partial charge on any atom is -0.350 e. The van der Waals surface area contributed by atoms with Gasteiger partial charge in [-0.25, -0.2) is 0 Å². The van der Waals surface area contributed by atoms with E-state index in [1.165, 1.54) is 0 Å². The SMILES string of the molecule is CC(=O)C1=C(C(=O)NC2CC2)CCC1. The molecule has 0 heterocycles. The van der Waals surface area contributed by atoms with E-state index in [2.05, 4.69) is 5.32 Å². The lowest BCUT2D eigenvalue weighted by molar-refractivity contribution is -0.118. The molecule has 0 aromatic carbocycles. The highest BCUT2D eigenvalue weighted by Crippen LogP contribution is 2.28. The fourth-order valence-corrected chi connectivity index (χ4v) is 1.88. The summed E-state index contributed by atoms with van der Waals surface area (Å²) in [5, 5.41) is 2.93. The molecule has 0 atom stereocenters. The van der Waals surface area contributed by atoms with Gasteiger partial charge in [-0.3, -0.25) is 9.59 Å². The molecule has 3 nitrogen and oxygen atoms in total. The van der Waals surface area contributed by atoms with Crippen LogP contribution in [0.5, 0.6) is 0 Å². The highest BCUT2D eigenvalue weighted by molar-refractivity contribution is 6.05. The van der Waals surface area contributed by atoms with E-state index in [4.69, 9.17) is 0 Å². The fraction of sp³-hybridized carbons (Fsp3) is 0.636. The van der Waals surface area contributed by atoms with Crippen molar-refractivity contribution in [3.63, 3.8) is 0 Å². The largest absolute Gasteiger partial charge is 0.350 e. The van der Waals surface area contributed by atoms with E-state index in [9.17, 15) is 9.59 Å². The number of ketones is 1. The predicted octanol–water partition coefficient (Wildman–Crippen LogP) is 1.33. The molecule has 76 valence electrons. The molecule has 0 unspecified atom stereocenters. The molecule has 0 bridgehead atoms. The third kappa shape index (κ3) is 1.86. The van der Waals surface area contributed by atoms with E-state index in [1.54, 1.807) is 6.92 Å². The first kappa shape index (κ1) is 9.44. The Bertz CT molecular complexity index is 313. The Hall–Kier alpha value is -1.12. The van der Waals surface area contributed by atoms with E-state index in [0.29, 0.717) is 6.04 Å². The lowest BCUT2D eigenvalue weighted by Crippen LogP contribution is -2.27. The van der Waals surface area contributed by atoms with Crippen LogP contribution < -0.4 is 5.32 Å². The van der Waals surface area contributed by atoms with E-state index in [0.717, 1.165) is 43.3 Å². The second-order valence-corrected chi connectivity index (χ2v) is 4.11. The van der Waals surface area contributed by atoms with E-state index >= 15 is 0 Å². The molecule has 2 aliphatic carbocycles. The highest BCUT2D eigenvalue weighted by atomic mass is 16.2. The Balaban J connectivity index is 2.09. The first-order valence-electron chi connectivity index (χ1n) is 5.22. The first-order valence-corrected chi connectivity index (χ1v) is 5.22. The molecule has 0 saturated heterocycles. The Morgan fingerprint density at radius 1 is 1.21 bits per heavy atom. The van der Waals surface area contributed by atoms with Crippen molar-refractivity contribution >= 4 is 11.7 Å². The fourth-order valence-electron chi connectivity index (χ4n) is 1.88. The maximum atomic E-state index is 11.7. The summed E-state index contributed by atoms with van der Waals surface area (Å²) in [5.41, 5.74) is 1.49. The van der Waals surface area contributed by atoms with E-state index < -0.39 is 0 Å². The monoisotopic (exact) mass is 193 g/mol. The summed E-state index contributed by atoms with van der Waals surface area (Å²) in [6.45, 7) is 1.55. The number of hydrogen-bond acceptors (Lipinski definition) is 2. The average Bonchev–Trinajstić information content (AvgIpc) is 2.81. The van der Waals surface area contributed by atoms with Gasteiger partial charge in [0.15, 0.2) is 5.78 Å². The molecule has 0 radical (unpaired) electrons. The minimum absolute atomic E-state index is 0.00444. The number of rotatable bonds is 3. The Kier molecular flexibility index (Phi) is 2.40. The van der Waals surface area contributed by atoms with Crippen LogP contribution in [0.25, 0.3) is 0 Å². The van der Waals surface area contributed by atoms with Gasteiger partial charge in [0.1, 0.15) is 0 Å². The first-order chi connectivity index (χ1) is 6.68. The van der Waals surface area contributed by atoms with Gasteiger partial charge in [-0.05, 0) is 39.0 Å². The van der Waals surface area contributed by atoms with Crippen molar-refractivity contribution in [1.29, 1.82) is 0 Å². The molecule has 3 heteroatoms. The number of hydrogen-bond donors (Lipinski definition) is 1. The summed E-state index contributed by atoms with van der Waals surface area (Å²) in [5.74, 6) is 0.0543. The summed E-state index contributed by atoms with van der Waals surface area (Å²) in [7, 11) is 0. The van der Waals surface area contributed by atoms with E-state index in [1.807, 2.05) is 0 Å². The van der Waals surface area contributed by atoms with Crippen molar-refractivity contribution in [1.82, 2.24) is 5.32 Å². The summed E-state index contributed by atoms with van der Waals surface area (Å²) < 4.78 is 0. The molecule has 1 N–H and O–H groups in total. The number of amides is 1. The maximum Gasteiger partial charge on any atom is 0.247 e. The van der Waals surface area contributed by atoms with Crippen LogP contribution in [-0.4, -0.2) is 17.7 Å². The van der Waals surface area contributed by atoms with Crippen LogP contribution in [-0.2, 0) is 9.59 Å². The normalized spacial score (nSPS) is 21.2. The molecular formula is C11H15NO2. The van der Waals surface area contributed by atoms with Gasteiger partial charge in [0.25, 0.3) is 0 Å². The van der Waals surface area contributed by atoms with Gasteiger partial charge in [0.05, 0.1) is 0 Å². The number of Topliss-reactive ketones (excluding diaryl/α,β-unsaturated/α-hetero) is 1. The molecule has 1 saturated carbocycles. The van der Waals surface area contributed by atoms with Crippen molar-refractivity contribution in [3.8, 4) is 0 Å². The molecule has 0 aliphatic heterocycles. The molecule has 14 heavy (non-hydrogen) atoms. The second-order valence-electron chi connectivity index (χ2n) is 4.11. The van der Waals surface area contributed by atoms with Crippen molar-refractivity contribution in [2.75, 3.05) is 0 Å². The molecule has 2 aliphatic rings. The Morgan fingerprint density at radius 3 is 2.43 bits per heavy atom. The number of carbonyl (C=O) groups is 2. The van der Waals surface area contributed by atoms with E-state index in [-0.39, 0.29) is 11.7 Å². The van der Waals surface area contributed by atoms with Crippen LogP contribution in [0.3, 0.4) is 0 Å². The Morgan fingerprint density at radius 2 is 1.86 bits per heavy atom. The van der Waals surface area contributed by atoms with Gasteiger partial charge >= 0.3 is 0 Å². The summed E-state index contributed by atoms with van der Waals surface area (Å²) in [6, 6.07) is 0.379. The van der Waals surface area contributed by atoms with Crippen LogP contribution in [0.15, 0.2) is 11.1 Å². The third-order valence-electron chi connectivity index (χ3n) is 2.83. The molecule has 0 aromatic heterocycles. The van der Waals surface area contributed by atoms with Crippen molar-refractivity contribution in [2.45, 2.75) is 45.1 Å². The highest BCUT2D eigenvalue weighted by Gasteiger charge is 2.28. The molecule has 2 rings (SSSR count). The predicted molar refractivity (Wildman–Crippen MR) is 52.7 cm³/mol. The van der Waals surface area contributed by atoms with Crippen LogP contribution in [0.2, 0.25) is 0 Å². The van der Waals surface area contributed by atoms with Gasteiger partial charge in [0.2, 0.25) is 5.91 Å². The number of allylic oxidation sites excluding steroid dienone is 1. The van der Waals surface area contributed by atoms with Crippen LogP contribution in [0, 0.1) is 0 Å². The standard InChI is InChI=1S/C11H15NO2/c1-7(13)9-3-2-4-10(9)11(14)12-8-5-6-8/h8H,2-6H2,1H3,(H,12,14). The summed E-state index contributed by atoms with van der Waals surface area (Å²) in [4.78, 5) is 22.9. The number of nitrogens with one attached hydrogen (secondary N) is 1. The molecule has 0 spiro atoms. The van der Waals surface area contributed by atoms with Gasteiger partial charge < -0.3 is 5.32 Å². The lowest BCUT2D eigenvalue weighted by Gasteiger charge is -2.05. The zero-order chi connectivity index (χ0) is 10.1. The molecular weight excluding hydrogens is 178 g/mol. The summed E-state index contributed by atoms with van der Waals surface area (Å²) in [6.07, 6.45) is 4.68. The van der Waals surface area contributed by atoms with Gasteiger partial charge in [-0.2, -0.15) is 0 Å². The summed E-state index contributed by atoms with van der Waals surface area (Å²) >= 11 is 0. The van der Waals surface area contributed by atoms with Crippen molar-refractivity contribution in [3.05, 3.63) is 11.1 Å². The van der Waals surface area contributed by atoms with Crippen LogP contribution in [0.1, 0.15) is 39.0 Å². The van der Waals surface area contributed by atoms with Crippen molar-refractivity contribution in [2.24, 2.45) is 0 Å². The zero-order valence-electron chi connectivity index (χ0n) is 8.43. The van der Waals surface area contributed by atoms with Crippen LogP contribution >= 0.6 is 0 Å². The van der Waals surface area contributed by atoms with Crippen LogP contribution in [0.4, 0.5) is 0 Å². The van der Waals surface area contributed by atoms with Gasteiger partial charge in [-0.1, -0.05) is 0 Å². The van der Waals surface area contributed by atoms with Gasteiger partial charge in [-0.15, -0.1) is 0 Å². The third-order valence-corrected chi connectivity index (χ3v) is 2.83. The number of carbonyl (C=O) groups excluding carboxylic acids is 2. The topological polar surface area (TPSA) is 46.2 Å². The molecule has 0 aromatic rings. The average molecular weight is 193 g/mol. The lowest BCUT2D eigenvalue weighted by atomic mass is 10.1. The quantitative estimate of drug-likeness (QED) is 0.735. The second kappa shape index (κ2) is 3.56.